The lowest BCUT2D eigenvalue weighted by atomic mass is 10.1. The van der Waals surface area contributed by atoms with Crippen molar-refractivity contribution in [2.75, 3.05) is 5.32 Å². The highest BCUT2D eigenvalue weighted by molar-refractivity contribution is 9.10. The number of hydrogen-bond acceptors (Lipinski definition) is 3. The Kier molecular flexibility index (Phi) is 4.77. The van der Waals surface area contributed by atoms with E-state index < -0.39 is 4.92 Å². The molecular weight excluding hydrogens is 388 g/mol. The molecule has 2 aromatic carbocycles. The second-order valence-electron chi connectivity index (χ2n) is 4.32. The van der Waals surface area contributed by atoms with Crippen LogP contribution in [0.25, 0.3) is 0 Å². The summed E-state index contributed by atoms with van der Waals surface area (Å²) in [6.07, 6.45) is 0. The molecular formula is C14H12Br2N2O2. The molecule has 0 radical (unpaired) electrons. The summed E-state index contributed by atoms with van der Waals surface area (Å²) in [7, 11) is 0. The maximum Gasteiger partial charge on any atom is 0.283 e. The number of nitrogens with zero attached hydrogens (tertiary/aromatic N) is 1. The van der Waals surface area contributed by atoms with Crippen molar-refractivity contribution in [3.63, 3.8) is 0 Å². The number of aryl methyl sites for hydroxylation is 1. The molecule has 0 spiro atoms. The average Bonchev–Trinajstić information content (AvgIpc) is 2.39. The monoisotopic (exact) mass is 398 g/mol. The summed E-state index contributed by atoms with van der Waals surface area (Å²) in [6, 6.07) is 11.0. The molecule has 0 fully saturated rings. The Balaban J connectivity index is 2.19. The third kappa shape index (κ3) is 3.37. The lowest BCUT2D eigenvalue weighted by Gasteiger charge is -2.11. The summed E-state index contributed by atoms with van der Waals surface area (Å²) in [5.74, 6) is 0. The highest BCUT2D eigenvalue weighted by Gasteiger charge is 2.14. The van der Waals surface area contributed by atoms with Gasteiger partial charge in [0.25, 0.3) is 5.69 Å². The molecule has 6 heteroatoms. The van der Waals surface area contributed by atoms with Crippen molar-refractivity contribution in [3.05, 3.63) is 66.6 Å². The fourth-order valence-electron chi connectivity index (χ4n) is 1.86. The van der Waals surface area contributed by atoms with Crippen molar-refractivity contribution in [1.29, 1.82) is 0 Å². The van der Waals surface area contributed by atoms with E-state index in [1.54, 1.807) is 6.07 Å². The SMILES string of the molecule is Cc1cc(Br)ccc1NCc1cccc([N+](=O)[O-])c1Br. The van der Waals surface area contributed by atoms with Gasteiger partial charge in [0, 0.05) is 22.8 Å². The van der Waals surface area contributed by atoms with Crippen molar-refractivity contribution in [3.8, 4) is 0 Å². The molecule has 2 aromatic rings. The third-order valence-corrected chi connectivity index (χ3v) is 4.32. The molecule has 0 saturated carbocycles. The minimum Gasteiger partial charge on any atom is -0.381 e. The molecule has 0 aliphatic rings. The Morgan fingerprint density at radius 2 is 2.00 bits per heavy atom. The molecule has 0 bridgehead atoms. The first kappa shape index (κ1) is 15.0. The van der Waals surface area contributed by atoms with E-state index in [1.807, 2.05) is 31.2 Å². The number of nitro groups is 1. The number of nitro benzene ring substituents is 1. The maximum atomic E-state index is 10.9. The predicted octanol–water partition coefficient (Wildman–Crippen LogP) is 5.04. The van der Waals surface area contributed by atoms with Crippen LogP contribution in [0.3, 0.4) is 0 Å². The zero-order chi connectivity index (χ0) is 14.7. The summed E-state index contributed by atoms with van der Waals surface area (Å²) in [5, 5.41) is 14.2. The van der Waals surface area contributed by atoms with Gasteiger partial charge in [-0.05, 0) is 52.2 Å². The summed E-state index contributed by atoms with van der Waals surface area (Å²) in [6.45, 7) is 2.53. The zero-order valence-corrected chi connectivity index (χ0v) is 13.9. The number of benzene rings is 2. The number of anilines is 1. The number of nitrogens with one attached hydrogen (secondary N) is 1. The second kappa shape index (κ2) is 6.37. The largest absolute Gasteiger partial charge is 0.381 e. The van der Waals surface area contributed by atoms with Crippen LogP contribution in [-0.4, -0.2) is 4.92 Å². The van der Waals surface area contributed by atoms with Crippen molar-refractivity contribution in [2.24, 2.45) is 0 Å². The normalized spacial score (nSPS) is 10.3. The summed E-state index contributed by atoms with van der Waals surface area (Å²) < 4.78 is 1.55. The average molecular weight is 400 g/mol. The molecule has 0 aromatic heterocycles. The van der Waals surface area contributed by atoms with Gasteiger partial charge in [0.15, 0.2) is 0 Å². The number of hydrogen-bond donors (Lipinski definition) is 1. The van der Waals surface area contributed by atoms with E-state index in [0.29, 0.717) is 11.0 Å². The van der Waals surface area contributed by atoms with Crippen LogP contribution in [0.15, 0.2) is 45.3 Å². The van der Waals surface area contributed by atoms with E-state index in [0.717, 1.165) is 21.3 Å². The first-order valence-electron chi connectivity index (χ1n) is 5.91. The molecule has 0 saturated heterocycles. The van der Waals surface area contributed by atoms with Gasteiger partial charge in [-0.1, -0.05) is 28.1 Å². The summed E-state index contributed by atoms with van der Waals surface area (Å²) in [5.41, 5.74) is 3.05. The highest BCUT2D eigenvalue weighted by Crippen LogP contribution is 2.29. The van der Waals surface area contributed by atoms with Gasteiger partial charge in [0.2, 0.25) is 0 Å². The molecule has 104 valence electrons. The van der Waals surface area contributed by atoms with Crippen LogP contribution >= 0.6 is 31.9 Å². The molecule has 0 unspecified atom stereocenters. The van der Waals surface area contributed by atoms with Gasteiger partial charge in [-0.15, -0.1) is 0 Å². The second-order valence-corrected chi connectivity index (χ2v) is 6.03. The van der Waals surface area contributed by atoms with Crippen LogP contribution in [0, 0.1) is 17.0 Å². The quantitative estimate of drug-likeness (QED) is 0.578. The molecule has 0 atom stereocenters. The molecule has 0 aliphatic heterocycles. The first-order chi connectivity index (χ1) is 9.49. The Morgan fingerprint density at radius 1 is 1.25 bits per heavy atom. The van der Waals surface area contributed by atoms with Gasteiger partial charge in [0.05, 0.1) is 4.92 Å². The Labute approximate surface area is 133 Å². The van der Waals surface area contributed by atoms with E-state index in [2.05, 4.69) is 37.2 Å². The molecule has 2 rings (SSSR count). The topological polar surface area (TPSA) is 55.2 Å². The van der Waals surface area contributed by atoms with E-state index in [9.17, 15) is 10.1 Å². The van der Waals surface area contributed by atoms with E-state index in [4.69, 9.17) is 0 Å². The van der Waals surface area contributed by atoms with Gasteiger partial charge in [0.1, 0.15) is 4.47 Å². The van der Waals surface area contributed by atoms with Gasteiger partial charge in [-0.25, -0.2) is 0 Å². The maximum absolute atomic E-state index is 10.9. The minimum absolute atomic E-state index is 0.0804. The Hall–Kier alpha value is -1.40. The molecule has 0 aliphatic carbocycles. The zero-order valence-electron chi connectivity index (χ0n) is 10.7. The lowest BCUT2D eigenvalue weighted by molar-refractivity contribution is -0.385. The summed E-state index contributed by atoms with van der Waals surface area (Å²) >= 11 is 6.72. The van der Waals surface area contributed by atoms with Gasteiger partial charge in [-0.3, -0.25) is 10.1 Å². The first-order valence-corrected chi connectivity index (χ1v) is 7.49. The van der Waals surface area contributed by atoms with Gasteiger partial charge in [-0.2, -0.15) is 0 Å². The molecule has 20 heavy (non-hydrogen) atoms. The summed E-state index contributed by atoms with van der Waals surface area (Å²) in [4.78, 5) is 10.5. The Morgan fingerprint density at radius 3 is 2.65 bits per heavy atom. The van der Waals surface area contributed by atoms with Crippen LogP contribution in [0.5, 0.6) is 0 Å². The lowest BCUT2D eigenvalue weighted by Crippen LogP contribution is -2.03. The van der Waals surface area contributed by atoms with E-state index >= 15 is 0 Å². The van der Waals surface area contributed by atoms with Crippen molar-refractivity contribution in [1.82, 2.24) is 0 Å². The van der Waals surface area contributed by atoms with E-state index in [-0.39, 0.29) is 5.69 Å². The number of halogens is 2. The van der Waals surface area contributed by atoms with Crippen LogP contribution in [0.1, 0.15) is 11.1 Å². The Bertz CT molecular complexity index is 660. The van der Waals surface area contributed by atoms with Crippen LogP contribution in [0.2, 0.25) is 0 Å². The predicted molar refractivity (Wildman–Crippen MR) is 87.0 cm³/mol. The van der Waals surface area contributed by atoms with Crippen molar-refractivity contribution < 1.29 is 4.92 Å². The molecule has 1 N–H and O–H groups in total. The molecule has 0 heterocycles. The van der Waals surface area contributed by atoms with Crippen LogP contribution in [0.4, 0.5) is 11.4 Å². The fourth-order valence-corrected chi connectivity index (χ4v) is 2.88. The standard InChI is InChI=1S/C14H12Br2N2O2/c1-9-7-11(15)5-6-12(9)17-8-10-3-2-4-13(14(10)16)18(19)20/h2-7,17H,8H2,1H3. The molecule has 4 nitrogen and oxygen atoms in total. The van der Waals surface area contributed by atoms with Crippen molar-refractivity contribution >= 4 is 43.2 Å². The molecule has 0 amide bonds. The fraction of sp³-hybridized carbons (Fsp3) is 0.143. The third-order valence-electron chi connectivity index (χ3n) is 2.91. The van der Waals surface area contributed by atoms with Gasteiger partial charge >= 0.3 is 0 Å². The van der Waals surface area contributed by atoms with E-state index in [1.165, 1.54) is 6.07 Å². The van der Waals surface area contributed by atoms with Crippen LogP contribution < -0.4 is 5.32 Å². The van der Waals surface area contributed by atoms with Crippen LogP contribution in [-0.2, 0) is 6.54 Å². The highest BCUT2D eigenvalue weighted by atomic mass is 79.9. The minimum atomic E-state index is -0.390. The number of rotatable bonds is 4. The van der Waals surface area contributed by atoms with Crippen molar-refractivity contribution in [2.45, 2.75) is 13.5 Å². The smallest absolute Gasteiger partial charge is 0.283 e. The van der Waals surface area contributed by atoms with Gasteiger partial charge < -0.3 is 5.32 Å².